The molecule has 0 radical (unpaired) electrons. The van der Waals surface area contributed by atoms with Crippen LogP contribution in [-0.2, 0) is 6.54 Å². The van der Waals surface area contributed by atoms with E-state index in [1.54, 1.807) is 13.0 Å². The number of aryl methyl sites for hydroxylation is 1. The summed E-state index contributed by atoms with van der Waals surface area (Å²) < 4.78 is 15.6. The summed E-state index contributed by atoms with van der Waals surface area (Å²) in [5, 5.41) is 0. The van der Waals surface area contributed by atoms with Gasteiger partial charge in [-0.1, -0.05) is 13.3 Å². The Bertz CT molecular complexity index is 656. The van der Waals surface area contributed by atoms with Crippen LogP contribution in [0.1, 0.15) is 49.9 Å². The second-order valence-electron chi connectivity index (χ2n) is 5.95. The molecular formula is C17H22FN3. The molecule has 2 N–H and O–H groups in total. The van der Waals surface area contributed by atoms with E-state index < -0.39 is 0 Å². The fraction of sp³-hybridized carbons (Fsp3) is 0.471. The summed E-state index contributed by atoms with van der Waals surface area (Å²) in [7, 11) is 0. The molecule has 1 aromatic carbocycles. The van der Waals surface area contributed by atoms with Crippen LogP contribution >= 0.6 is 0 Å². The molecule has 4 heteroatoms. The van der Waals surface area contributed by atoms with E-state index in [-0.39, 0.29) is 5.82 Å². The lowest BCUT2D eigenvalue weighted by molar-refractivity contribution is 0.609. The molecule has 1 aliphatic rings. The highest BCUT2D eigenvalue weighted by Crippen LogP contribution is 2.42. The number of nitrogens with two attached hydrogens (primary N) is 1. The maximum absolute atomic E-state index is 13.4. The zero-order chi connectivity index (χ0) is 15.0. The summed E-state index contributed by atoms with van der Waals surface area (Å²) in [6, 6.07) is 5.09. The van der Waals surface area contributed by atoms with Crippen molar-refractivity contribution in [2.24, 2.45) is 0 Å². The molecule has 0 unspecified atom stereocenters. The molecule has 1 heterocycles. The Kier molecular flexibility index (Phi) is 3.70. The molecule has 0 amide bonds. The van der Waals surface area contributed by atoms with E-state index in [1.807, 2.05) is 6.07 Å². The van der Waals surface area contributed by atoms with Gasteiger partial charge in [-0.15, -0.1) is 0 Å². The van der Waals surface area contributed by atoms with Crippen molar-refractivity contribution in [3.05, 3.63) is 35.4 Å². The number of aromatic nitrogens is 2. The molecule has 0 atom stereocenters. The zero-order valence-electron chi connectivity index (χ0n) is 12.7. The minimum Gasteiger partial charge on any atom is -0.383 e. The minimum atomic E-state index is -0.190. The highest BCUT2D eigenvalue weighted by atomic mass is 19.1. The molecule has 0 saturated heterocycles. The van der Waals surface area contributed by atoms with Crippen LogP contribution in [0, 0.1) is 12.7 Å². The summed E-state index contributed by atoms with van der Waals surface area (Å²) in [4.78, 5) is 4.78. The monoisotopic (exact) mass is 287 g/mol. The number of unbranched alkanes of at least 4 members (excludes halogenated alkanes) is 1. The summed E-state index contributed by atoms with van der Waals surface area (Å²) in [6.07, 6.45) is 4.63. The number of hydrogen-bond donors (Lipinski definition) is 1. The van der Waals surface area contributed by atoms with Crippen LogP contribution in [0.15, 0.2) is 18.2 Å². The summed E-state index contributed by atoms with van der Waals surface area (Å²) >= 11 is 0. The molecular weight excluding hydrogens is 265 g/mol. The summed E-state index contributed by atoms with van der Waals surface area (Å²) in [5.41, 5.74) is 8.67. The lowest BCUT2D eigenvalue weighted by atomic mass is 10.1. The summed E-state index contributed by atoms with van der Waals surface area (Å²) in [5.74, 6) is 2.19. The predicted octanol–water partition coefficient (Wildman–Crippen LogP) is 4.26. The molecule has 3 nitrogen and oxygen atoms in total. The number of hydrogen-bond acceptors (Lipinski definition) is 2. The van der Waals surface area contributed by atoms with Gasteiger partial charge in [0.15, 0.2) is 0 Å². The van der Waals surface area contributed by atoms with E-state index in [1.165, 1.54) is 18.9 Å². The molecule has 1 saturated carbocycles. The van der Waals surface area contributed by atoms with Crippen molar-refractivity contribution in [2.45, 2.75) is 52.0 Å². The minimum absolute atomic E-state index is 0.190. The number of nitrogens with zero attached hydrogens (tertiary/aromatic N) is 2. The largest absolute Gasteiger partial charge is 0.383 e. The van der Waals surface area contributed by atoms with E-state index in [4.69, 9.17) is 10.7 Å². The zero-order valence-corrected chi connectivity index (χ0v) is 12.7. The normalized spacial score (nSPS) is 14.6. The van der Waals surface area contributed by atoms with Crippen LogP contribution in [0.5, 0.6) is 0 Å². The Hall–Kier alpha value is -1.84. The van der Waals surface area contributed by atoms with Crippen molar-refractivity contribution in [1.82, 2.24) is 9.55 Å². The third-order valence-electron chi connectivity index (χ3n) is 4.15. The third kappa shape index (κ3) is 2.67. The Morgan fingerprint density at radius 2 is 2.14 bits per heavy atom. The van der Waals surface area contributed by atoms with Gasteiger partial charge in [0.2, 0.25) is 0 Å². The van der Waals surface area contributed by atoms with Crippen molar-refractivity contribution < 1.29 is 4.39 Å². The Morgan fingerprint density at radius 1 is 1.38 bits per heavy atom. The standard InChI is InChI=1S/C17H22FN3/c1-3-4-9-21-16(19)15(20-17(21)12-5-6-12)13-7-8-14(18)11(2)10-13/h7-8,10,12H,3-6,9,19H2,1-2H3. The van der Waals surface area contributed by atoms with Crippen molar-refractivity contribution in [2.75, 3.05) is 5.73 Å². The molecule has 0 bridgehead atoms. The smallest absolute Gasteiger partial charge is 0.131 e. The second-order valence-corrected chi connectivity index (χ2v) is 5.95. The fourth-order valence-corrected chi connectivity index (χ4v) is 2.69. The molecule has 3 rings (SSSR count). The predicted molar refractivity (Wildman–Crippen MR) is 83.7 cm³/mol. The van der Waals surface area contributed by atoms with Crippen LogP contribution in [0.25, 0.3) is 11.3 Å². The number of rotatable bonds is 5. The molecule has 2 aromatic rings. The average Bonchev–Trinajstić information content (AvgIpc) is 3.25. The number of benzene rings is 1. The number of halogens is 1. The van der Waals surface area contributed by atoms with Gasteiger partial charge >= 0.3 is 0 Å². The van der Waals surface area contributed by atoms with E-state index in [0.717, 1.165) is 42.3 Å². The van der Waals surface area contributed by atoms with E-state index in [2.05, 4.69) is 11.5 Å². The Morgan fingerprint density at radius 3 is 2.76 bits per heavy atom. The van der Waals surface area contributed by atoms with Gasteiger partial charge in [-0.05, 0) is 49.9 Å². The lowest BCUT2D eigenvalue weighted by Crippen LogP contribution is -2.06. The fourth-order valence-electron chi connectivity index (χ4n) is 2.69. The number of nitrogen functional groups attached to an aromatic ring is 1. The van der Waals surface area contributed by atoms with Crippen molar-refractivity contribution in [1.29, 1.82) is 0 Å². The van der Waals surface area contributed by atoms with Crippen LogP contribution in [0.2, 0.25) is 0 Å². The van der Waals surface area contributed by atoms with Crippen molar-refractivity contribution >= 4 is 5.82 Å². The first-order valence-electron chi connectivity index (χ1n) is 7.74. The van der Waals surface area contributed by atoms with Crippen LogP contribution in [0.3, 0.4) is 0 Å². The van der Waals surface area contributed by atoms with Gasteiger partial charge < -0.3 is 10.3 Å². The van der Waals surface area contributed by atoms with Crippen molar-refractivity contribution in [3.63, 3.8) is 0 Å². The quantitative estimate of drug-likeness (QED) is 0.893. The van der Waals surface area contributed by atoms with E-state index >= 15 is 0 Å². The van der Waals surface area contributed by atoms with E-state index in [0.29, 0.717) is 11.5 Å². The van der Waals surface area contributed by atoms with Crippen LogP contribution in [0.4, 0.5) is 10.2 Å². The summed E-state index contributed by atoms with van der Waals surface area (Å²) in [6.45, 7) is 4.86. The van der Waals surface area contributed by atoms with Crippen LogP contribution < -0.4 is 5.73 Å². The molecule has 0 spiro atoms. The van der Waals surface area contributed by atoms with Crippen LogP contribution in [-0.4, -0.2) is 9.55 Å². The van der Waals surface area contributed by atoms with Crippen molar-refractivity contribution in [3.8, 4) is 11.3 Å². The number of imidazole rings is 1. The first-order chi connectivity index (χ1) is 10.1. The van der Waals surface area contributed by atoms with Gasteiger partial charge in [-0.2, -0.15) is 0 Å². The Labute approximate surface area is 125 Å². The maximum atomic E-state index is 13.4. The first-order valence-corrected chi connectivity index (χ1v) is 7.74. The average molecular weight is 287 g/mol. The Balaban J connectivity index is 2.03. The second kappa shape index (κ2) is 5.51. The molecule has 1 aliphatic carbocycles. The van der Waals surface area contributed by atoms with Gasteiger partial charge in [0, 0.05) is 18.0 Å². The van der Waals surface area contributed by atoms with Gasteiger partial charge in [-0.3, -0.25) is 0 Å². The highest BCUT2D eigenvalue weighted by molar-refractivity contribution is 5.71. The first kappa shape index (κ1) is 14.1. The molecule has 21 heavy (non-hydrogen) atoms. The molecule has 1 fully saturated rings. The van der Waals surface area contributed by atoms with Gasteiger partial charge in [-0.25, -0.2) is 9.37 Å². The molecule has 0 aliphatic heterocycles. The van der Waals surface area contributed by atoms with Gasteiger partial charge in [0.25, 0.3) is 0 Å². The number of anilines is 1. The maximum Gasteiger partial charge on any atom is 0.131 e. The SMILES string of the molecule is CCCCn1c(C2CC2)nc(-c2ccc(F)c(C)c2)c1N. The molecule has 1 aromatic heterocycles. The van der Waals surface area contributed by atoms with Gasteiger partial charge in [0.1, 0.15) is 23.2 Å². The lowest BCUT2D eigenvalue weighted by Gasteiger charge is -2.08. The highest BCUT2D eigenvalue weighted by Gasteiger charge is 2.30. The van der Waals surface area contributed by atoms with Gasteiger partial charge in [0.05, 0.1) is 0 Å². The van der Waals surface area contributed by atoms with E-state index in [9.17, 15) is 4.39 Å². The molecule has 112 valence electrons. The third-order valence-corrected chi connectivity index (χ3v) is 4.15. The topological polar surface area (TPSA) is 43.8 Å².